The summed E-state index contributed by atoms with van der Waals surface area (Å²) in [6.07, 6.45) is 4.73. The van der Waals surface area contributed by atoms with Crippen LogP contribution in [-0.2, 0) is 17.7 Å². The molecule has 1 saturated heterocycles. The lowest BCUT2D eigenvalue weighted by atomic mass is 9.75. The van der Waals surface area contributed by atoms with E-state index >= 15 is 0 Å². The zero-order chi connectivity index (χ0) is 20.7. The number of benzene rings is 2. The van der Waals surface area contributed by atoms with E-state index in [9.17, 15) is 0 Å². The molecular formula is C26H38N2O. The molecule has 29 heavy (non-hydrogen) atoms. The molecule has 0 aromatic heterocycles. The first-order chi connectivity index (χ1) is 13.9. The molecule has 158 valence electrons. The molecule has 1 aliphatic heterocycles. The van der Waals surface area contributed by atoms with Gasteiger partial charge in [0.25, 0.3) is 0 Å². The molecule has 0 aliphatic carbocycles. The van der Waals surface area contributed by atoms with E-state index in [2.05, 4.69) is 92.8 Å². The van der Waals surface area contributed by atoms with E-state index in [0.29, 0.717) is 5.92 Å². The fourth-order valence-electron chi connectivity index (χ4n) is 4.53. The van der Waals surface area contributed by atoms with Gasteiger partial charge in [0.05, 0.1) is 5.60 Å². The van der Waals surface area contributed by atoms with Crippen molar-refractivity contribution in [2.45, 2.75) is 51.7 Å². The lowest BCUT2D eigenvalue weighted by molar-refractivity contribution is -0.0830. The lowest BCUT2D eigenvalue weighted by Gasteiger charge is -2.39. The van der Waals surface area contributed by atoms with Crippen LogP contribution in [-0.4, -0.2) is 32.8 Å². The summed E-state index contributed by atoms with van der Waals surface area (Å²) in [7, 11) is 4.16. The van der Waals surface area contributed by atoms with Crippen LogP contribution in [0.25, 0.3) is 0 Å². The van der Waals surface area contributed by atoms with Crippen LogP contribution >= 0.6 is 0 Å². The molecule has 1 fully saturated rings. The van der Waals surface area contributed by atoms with Crippen molar-refractivity contribution in [1.82, 2.24) is 5.32 Å². The van der Waals surface area contributed by atoms with Crippen molar-refractivity contribution in [3.05, 3.63) is 65.7 Å². The van der Waals surface area contributed by atoms with E-state index in [1.54, 1.807) is 0 Å². The van der Waals surface area contributed by atoms with E-state index < -0.39 is 0 Å². The molecule has 3 nitrogen and oxygen atoms in total. The topological polar surface area (TPSA) is 24.5 Å². The first-order valence-corrected chi connectivity index (χ1v) is 11.1. The minimum atomic E-state index is 0.0134. The second kappa shape index (κ2) is 10.3. The van der Waals surface area contributed by atoms with Gasteiger partial charge in [0.2, 0.25) is 0 Å². The zero-order valence-corrected chi connectivity index (χ0v) is 18.7. The number of anilines is 1. The van der Waals surface area contributed by atoms with Crippen molar-refractivity contribution >= 4 is 5.69 Å². The fourth-order valence-corrected chi connectivity index (χ4v) is 4.53. The van der Waals surface area contributed by atoms with Crippen molar-refractivity contribution in [3.8, 4) is 0 Å². The van der Waals surface area contributed by atoms with Gasteiger partial charge in [-0.25, -0.2) is 0 Å². The molecule has 0 bridgehead atoms. The quantitative estimate of drug-likeness (QED) is 0.584. The highest BCUT2D eigenvalue weighted by Crippen LogP contribution is 2.36. The van der Waals surface area contributed by atoms with Gasteiger partial charge in [0.15, 0.2) is 0 Å². The van der Waals surface area contributed by atoms with Crippen LogP contribution in [0.2, 0.25) is 0 Å². The number of hydrogen-bond acceptors (Lipinski definition) is 3. The molecule has 1 aliphatic rings. The Hall–Kier alpha value is -1.84. The number of rotatable bonds is 9. The largest absolute Gasteiger partial charge is 0.378 e. The van der Waals surface area contributed by atoms with Gasteiger partial charge in [-0.2, -0.15) is 0 Å². The highest BCUT2D eigenvalue weighted by atomic mass is 16.5. The first-order valence-electron chi connectivity index (χ1n) is 11.1. The molecular weight excluding hydrogens is 356 g/mol. The monoisotopic (exact) mass is 394 g/mol. The van der Waals surface area contributed by atoms with Gasteiger partial charge in [-0.15, -0.1) is 0 Å². The summed E-state index contributed by atoms with van der Waals surface area (Å²) in [5.41, 5.74) is 4.07. The van der Waals surface area contributed by atoms with Crippen LogP contribution in [0, 0.1) is 11.8 Å². The molecule has 3 rings (SSSR count). The summed E-state index contributed by atoms with van der Waals surface area (Å²) < 4.78 is 5.99. The molecule has 2 aromatic carbocycles. The first kappa shape index (κ1) is 21.9. The molecule has 0 radical (unpaired) electrons. The highest BCUT2D eigenvalue weighted by Gasteiger charge is 2.33. The molecule has 0 amide bonds. The van der Waals surface area contributed by atoms with E-state index in [0.717, 1.165) is 32.0 Å². The van der Waals surface area contributed by atoms with E-state index in [1.165, 1.54) is 36.1 Å². The van der Waals surface area contributed by atoms with Crippen molar-refractivity contribution < 1.29 is 4.74 Å². The second-order valence-electron chi connectivity index (χ2n) is 9.34. The smallest absolute Gasteiger partial charge is 0.0629 e. The molecule has 3 heteroatoms. The van der Waals surface area contributed by atoms with Crippen LogP contribution in [0.4, 0.5) is 5.69 Å². The molecule has 1 N–H and O–H groups in total. The highest BCUT2D eigenvalue weighted by molar-refractivity contribution is 5.45. The molecule has 2 atom stereocenters. The third-order valence-electron chi connectivity index (χ3n) is 6.22. The Morgan fingerprint density at radius 2 is 1.76 bits per heavy atom. The van der Waals surface area contributed by atoms with E-state index in [-0.39, 0.29) is 5.60 Å². The molecule has 1 heterocycles. The second-order valence-corrected chi connectivity index (χ2v) is 9.34. The van der Waals surface area contributed by atoms with Crippen LogP contribution < -0.4 is 10.2 Å². The summed E-state index contributed by atoms with van der Waals surface area (Å²) in [6.45, 7) is 7.38. The summed E-state index contributed by atoms with van der Waals surface area (Å²) in [5, 5.41) is 3.68. The maximum absolute atomic E-state index is 5.99. The van der Waals surface area contributed by atoms with E-state index in [4.69, 9.17) is 4.74 Å². The number of nitrogens with one attached hydrogen (secondary N) is 1. The molecule has 0 saturated carbocycles. The number of ether oxygens (including phenoxy) is 1. The molecule has 0 spiro atoms. The Kier molecular flexibility index (Phi) is 7.74. The summed E-state index contributed by atoms with van der Waals surface area (Å²) in [5.74, 6) is 1.43. The average molecular weight is 395 g/mol. The average Bonchev–Trinajstić information content (AvgIpc) is 2.70. The third-order valence-corrected chi connectivity index (χ3v) is 6.22. The van der Waals surface area contributed by atoms with Crippen molar-refractivity contribution in [1.29, 1.82) is 0 Å². The SMILES string of the molecule is CN(C)c1ccc(CNCC[C@H](Cc2ccccc2)[C@@H]2CCOC(C)(C)C2)cc1. The van der Waals surface area contributed by atoms with Crippen LogP contribution in [0.5, 0.6) is 0 Å². The van der Waals surface area contributed by atoms with Gasteiger partial charge >= 0.3 is 0 Å². The lowest BCUT2D eigenvalue weighted by Crippen LogP contribution is -2.38. The van der Waals surface area contributed by atoms with Crippen LogP contribution in [0.1, 0.15) is 44.2 Å². The van der Waals surface area contributed by atoms with Gasteiger partial charge < -0.3 is 15.0 Å². The van der Waals surface area contributed by atoms with Crippen LogP contribution in [0.3, 0.4) is 0 Å². The van der Waals surface area contributed by atoms with Crippen molar-refractivity contribution in [2.24, 2.45) is 11.8 Å². The molecule has 2 aromatic rings. The predicted molar refractivity (Wildman–Crippen MR) is 123 cm³/mol. The summed E-state index contributed by atoms with van der Waals surface area (Å²) in [6, 6.07) is 19.8. The van der Waals surface area contributed by atoms with Gasteiger partial charge in [0, 0.05) is 32.9 Å². The predicted octanol–water partition coefficient (Wildman–Crippen LogP) is 5.30. The Labute approximate surface area is 177 Å². The van der Waals surface area contributed by atoms with Crippen molar-refractivity contribution in [3.63, 3.8) is 0 Å². The van der Waals surface area contributed by atoms with E-state index in [1.807, 2.05) is 0 Å². The standard InChI is InChI=1S/C26H38N2O/c1-26(2)19-24(15-17-29-26)23(18-21-8-6-5-7-9-21)14-16-27-20-22-10-12-25(13-11-22)28(3)4/h5-13,23-24,27H,14-20H2,1-4H3/t23-,24-/m1/s1. The Morgan fingerprint density at radius 1 is 1.03 bits per heavy atom. The maximum Gasteiger partial charge on any atom is 0.0629 e. The number of nitrogens with zero attached hydrogens (tertiary/aromatic N) is 1. The number of hydrogen-bond donors (Lipinski definition) is 1. The Morgan fingerprint density at radius 3 is 2.41 bits per heavy atom. The Balaban J connectivity index is 1.55. The normalized spacial score (nSPS) is 19.7. The maximum atomic E-state index is 5.99. The van der Waals surface area contributed by atoms with Gasteiger partial charge in [-0.1, -0.05) is 42.5 Å². The summed E-state index contributed by atoms with van der Waals surface area (Å²) >= 11 is 0. The summed E-state index contributed by atoms with van der Waals surface area (Å²) in [4.78, 5) is 2.14. The Bertz CT molecular complexity index is 724. The van der Waals surface area contributed by atoms with Gasteiger partial charge in [-0.3, -0.25) is 0 Å². The van der Waals surface area contributed by atoms with Crippen molar-refractivity contribution in [2.75, 3.05) is 32.1 Å². The van der Waals surface area contributed by atoms with Gasteiger partial charge in [-0.05, 0) is 81.2 Å². The fraction of sp³-hybridized carbons (Fsp3) is 0.538. The van der Waals surface area contributed by atoms with Crippen LogP contribution in [0.15, 0.2) is 54.6 Å². The molecule has 0 unspecified atom stereocenters. The van der Waals surface area contributed by atoms with Gasteiger partial charge in [0.1, 0.15) is 0 Å². The minimum Gasteiger partial charge on any atom is -0.378 e. The zero-order valence-electron chi connectivity index (χ0n) is 18.7. The third kappa shape index (κ3) is 6.87. The minimum absolute atomic E-state index is 0.0134.